The van der Waals surface area contributed by atoms with E-state index < -0.39 is 11.6 Å². The van der Waals surface area contributed by atoms with Gasteiger partial charge in [-0.05, 0) is 123 Å². The molecule has 0 aliphatic carbocycles. The Morgan fingerprint density at radius 3 is 1.49 bits per heavy atom. The van der Waals surface area contributed by atoms with Crippen molar-refractivity contribution < 1.29 is 8.78 Å². The molecule has 2 fully saturated rings. The van der Waals surface area contributed by atoms with Gasteiger partial charge in [-0.25, -0.2) is 23.7 Å². The summed E-state index contributed by atoms with van der Waals surface area (Å²) in [4.78, 5) is 25.8. The van der Waals surface area contributed by atoms with Crippen LogP contribution in [0.25, 0.3) is 0 Å². The second-order valence-electron chi connectivity index (χ2n) is 14.2. The van der Waals surface area contributed by atoms with Crippen LogP contribution in [0.4, 0.5) is 60.5 Å². The number of halogens is 3. The number of anilines is 9. The lowest BCUT2D eigenvalue weighted by atomic mass is 10.2. The van der Waals surface area contributed by atoms with Crippen molar-refractivity contribution in [1.82, 2.24) is 29.7 Å². The van der Waals surface area contributed by atoms with Gasteiger partial charge in [0.25, 0.3) is 0 Å². The largest absolute Gasteiger partial charge is 0.399 e. The van der Waals surface area contributed by atoms with Crippen LogP contribution in [0, 0.1) is 34.3 Å². The third-order valence-electron chi connectivity index (χ3n) is 9.75. The highest BCUT2D eigenvalue weighted by atomic mass is 35.5. The first-order valence-corrected chi connectivity index (χ1v) is 19.8. The first-order valence-electron chi connectivity index (χ1n) is 19.4. The Balaban J connectivity index is 0.000000169. The Bertz CT molecular complexity index is 2440. The van der Waals surface area contributed by atoms with E-state index in [0.29, 0.717) is 29.0 Å². The Morgan fingerprint density at radius 2 is 1.02 bits per heavy atom. The fraction of sp³-hybridized carbons (Fsp3) is 0.227. The van der Waals surface area contributed by atoms with E-state index in [0.717, 1.165) is 63.7 Å². The zero-order valence-corrected chi connectivity index (χ0v) is 34.5. The second-order valence-corrected chi connectivity index (χ2v) is 14.5. The molecule has 2 saturated heterocycles. The molecule has 14 nitrogen and oxygen atoms in total. The van der Waals surface area contributed by atoms with Gasteiger partial charge >= 0.3 is 0 Å². The average molecular weight is 843 g/mol. The molecule has 2 aliphatic heterocycles. The number of nitrogen functional groups attached to an aromatic ring is 1. The molecule has 0 amide bonds. The summed E-state index contributed by atoms with van der Waals surface area (Å²) in [6, 6.07) is 31.6. The van der Waals surface area contributed by atoms with Crippen molar-refractivity contribution in [2.45, 2.75) is 0 Å². The van der Waals surface area contributed by atoms with Crippen LogP contribution in [0.3, 0.4) is 0 Å². The van der Waals surface area contributed by atoms with Crippen LogP contribution in [0.15, 0.2) is 109 Å². The molecule has 4 aromatic carbocycles. The molecule has 6 aromatic rings. The smallest absolute Gasteiger partial charge is 0.229 e. The van der Waals surface area contributed by atoms with Crippen LogP contribution in [0.1, 0.15) is 11.1 Å². The van der Waals surface area contributed by atoms with E-state index in [4.69, 9.17) is 27.9 Å². The topological polar surface area (TPSA) is 174 Å². The van der Waals surface area contributed by atoms with E-state index in [1.54, 1.807) is 30.5 Å². The summed E-state index contributed by atoms with van der Waals surface area (Å²) in [5, 5.41) is 26.9. The first kappa shape index (κ1) is 43.5. The van der Waals surface area contributed by atoms with E-state index in [1.807, 2.05) is 30.3 Å². The predicted molar refractivity (Wildman–Crippen MR) is 238 cm³/mol. The zero-order chi connectivity index (χ0) is 43.1. The number of aromatic nitrogens is 4. The zero-order valence-electron chi connectivity index (χ0n) is 33.7. The van der Waals surface area contributed by atoms with E-state index in [1.165, 1.54) is 47.9 Å². The van der Waals surface area contributed by atoms with Gasteiger partial charge in [0.2, 0.25) is 11.2 Å². The van der Waals surface area contributed by atoms with Gasteiger partial charge in [-0.1, -0.05) is 0 Å². The number of piperazine rings is 2. The minimum absolute atomic E-state index is 0.0205. The highest BCUT2D eigenvalue weighted by Gasteiger charge is 2.15. The average Bonchev–Trinajstić information content (AvgIpc) is 3.27. The minimum atomic E-state index is -0.557. The molecule has 312 valence electrons. The maximum Gasteiger partial charge on any atom is 0.229 e. The van der Waals surface area contributed by atoms with Gasteiger partial charge in [0.05, 0.1) is 11.1 Å². The molecule has 5 N–H and O–H groups in total. The normalized spacial score (nSPS) is 14.0. The summed E-state index contributed by atoms with van der Waals surface area (Å²) < 4.78 is 26.6. The number of hydrogen-bond donors (Lipinski definition) is 4. The lowest BCUT2D eigenvalue weighted by molar-refractivity contribution is 0.313. The summed E-state index contributed by atoms with van der Waals surface area (Å²) >= 11 is 5.62. The van der Waals surface area contributed by atoms with Crippen molar-refractivity contribution in [2.75, 3.05) is 97.9 Å². The van der Waals surface area contributed by atoms with Crippen molar-refractivity contribution >= 4 is 63.3 Å². The molecule has 4 heterocycles. The Hall–Kier alpha value is -7.11. The number of rotatable bonds is 8. The second kappa shape index (κ2) is 21.2. The van der Waals surface area contributed by atoms with Crippen LogP contribution < -0.4 is 31.5 Å². The lowest BCUT2D eigenvalue weighted by Gasteiger charge is -2.34. The SMILES string of the molecule is CN1CCN(c2ccc(N)cc2)CC1.CN1CCN(c2ccc(Nc3nccc(Nc4ccc(F)c(C#N)c4)n3)cc2)CC1.N#Cc1cc(Nc2ccnc(Cl)n2)ccc1F. The molecule has 8 rings (SSSR count). The molecular weight excluding hydrogens is 798 g/mol. The molecule has 0 bridgehead atoms. The Kier molecular flexibility index (Phi) is 15.1. The van der Waals surface area contributed by atoms with Crippen molar-refractivity contribution in [2.24, 2.45) is 0 Å². The van der Waals surface area contributed by atoms with Crippen LogP contribution in [-0.2, 0) is 0 Å². The van der Waals surface area contributed by atoms with E-state index in [-0.39, 0.29) is 16.4 Å². The highest BCUT2D eigenvalue weighted by molar-refractivity contribution is 6.28. The molecule has 2 aliphatic rings. The molecule has 0 radical (unpaired) electrons. The van der Waals surface area contributed by atoms with Gasteiger partial charge in [0.15, 0.2) is 0 Å². The lowest BCUT2D eigenvalue weighted by Crippen LogP contribution is -2.44. The van der Waals surface area contributed by atoms with Gasteiger partial charge in [0.1, 0.15) is 35.4 Å². The molecule has 61 heavy (non-hydrogen) atoms. The minimum Gasteiger partial charge on any atom is -0.399 e. The molecule has 2 aromatic heterocycles. The van der Waals surface area contributed by atoms with Crippen molar-refractivity contribution in [3.05, 3.63) is 138 Å². The number of benzene rings is 4. The van der Waals surface area contributed by atoms with E-state index in [9.17, 15) is 8.78 Å². The summed E-state index contributed by atoms with van der Waals surface area (Å²) in [6.45, 7) is 8.69. The maximum atomic E-state index is 13.5. The Labute approximate surface area is 358 Å². The third-order valence-corrected chi connectivity index (χ3v) is 9.94. The van der Waals surface area contributed by atoms with Crippen LogP contribution in [0.2, 0.25) is 5.28 Å². The molecule has 0 saturated carbocycles. The fourth-order valence-corrected chi connectivity index (χ4v) is 6.41. The number of nitriles is 2. The van der Waals surface area contributed by atoms with Gasteiger partial charge in [-0.15, -0.1) is 0 Å². The highest BCUT2D eigenvalue weighted by Crippen LogP contribution is 2.24. The number of nitrogens with zero attached hydrogens (tertiary/aromatic N) is 10. The van der Waals surface area contributed by atoms with Crippen molar-refractivity contribution in [1.29, 1.82) is 10.5 Å². The van der Waals surface area contributed by atoms with Crippen LogP contribution >= 0.6 is 11.6 Å². The number of nitrogens with one attached hydrogen (secondary N) is 3. The third kappa shape index (κ3) is 12.9. The molecule has 0 spiro atoms. The molecular formula is C44H45ClF2N14. The van der Waals surface area contributed by atoms with Gasteiger partial charge in [-0.3, -0.25) is 0 Å². The summed E-state index contributed by atoms with van der Waals surface area (Å²) in [5.74, 6) is 0.347. The molecule has 0 atom stereocenters. The standard InChI is InChI=1S/C22H22FN7.C11H6ClFN4.C11H17N3/c1-29-10-12-30(13-11-29)19-5-2-17(3-6-19)27-22-25-9-8-21(28-22)26-18-4-7-20(23)16(14-18)15-24;12-11-15-4-3-10(17-11)16-8-1-2-9(13)7(5-8)6-14;1-13-6-8-14(9-7-13)11-4-2-10(12)3-5-11/h2-9,14H,10-13H2,1H3,(H2,25,26,27,28);1-5H,(H,15,16,17);2-5H,6-9,12H2,1H3. The fourth-order valence-electron chi connectivity index (χ4n) is 6.27. The Morgan fingerprint density at radius 1 is 0.574 bits per heavy atom. The molecule has 17 heteroatoms. The first-order chi connectivity index (χ1) is 29.5. The van der Waals surface area contributed by atoms with Crippen molar-refractivity contribution in [3.63, 3.8) is 0 Å². The number of hydrogen-bond acceptors (Lipinski definition) is 14. The van der Waals surface area contributed by atoms with E-state index >= 15 is 0 Å². The monoisotopic (exact) mass is 842 g/mol. The summed E-state index contributed by atoms with van der Waals surface area (Å²) in [7, 11) is 4.31. The summed E-state index contributed by atoms with van der Waals surface area (Å²) in [5.41, 5.74) is 10.9. The number of likely N-dealkylation sites (N-methyl/N-ethyl adjacent to an activating group) is 2. The predicted octanol–water partition coefficient (Wildman–Crippen LogP) is 7.63. The van der Waals surface area contributed by atoms with Crippen LogP contribution in [-0.4, -0.2) is 96.2 Å². The van der Waals surface area contributed by atoms with Crippen molar-refractivity contribution in [3.8, 4) is 12.1 Å². The van der Waals surface area contributed by atoms with Gasteiger partial charge in [0, 0.05) is 98.9 Å². The van der Waals surface area contributed by atoms with E-state index in [2.05, 4.69) is 93.8 Å². The van der Waals surface area contributed by atoms with Gasteiger partial charge in [-0.2, -0.15) is 15.5 Å². The summed E-state index contributed by atoms with van der Waals surface area (Å²) in [6.07, 6.45) is 3.12. The molecule has 0 unspecified atom stereocenters. The number of nitrogens with two attached hydrogens (primary N) is 1. The quantitative estimate of drug-likeness (QED) is 0.0870. The van der Waals surface area contributed by atoms with Crippen LogP contribution in [0.5, 0.6) is 0 Å². The van der Waals surface area contributed by atoms with Gasteiger partial charge < -0.3 is 41.3 Å². The maximum absolute atomic E-state index is 13.5.